The third kappa shape index (κ3) is 3.68. The van der Waals surface area contributed by atoms with Crippen LogP contribution in [0.4, 0.5) is 17.1 Å². The van der Waals surface area contributed by atoms with Crippen molar-refractivity contribution in [3.8, 4) is 11.5 Å². The van der Waals surface area contributed by atoms with E-state index in [1.165, 1.54) is 36.4 Å². The Hall–Kier alpha value is -2.89. The molecular formula is C20H14N3NaO6S. The molecule has 6 N–H and O–H groups in total. The number of ketones is 2. The molecule has 3 aromatic carbocycles. The van der Waals surface area contributed by atoms with E-state index >= 15 is 0 Å². The van der Waals surface area contributed by atoms with Crippen molar-refractivity contribution in [2.75, 3.05) is 17.2 Å². The largest absolute Gasteiger partial charge is 1.00 e. The number of nitrogens with two attached hydrogens (primary N) is 3. The van der Waals surface area contributed by atoms with Gasteiger partial charge in [-0.15, -0.1) is 0 Å². The maximum atomic E-state index is 13.0. The molecular weight excluding hydrogens is 433 g/mol. The van der Waals surface area contributed by atoms with Gasteiger partial charge in [-0.3, -0.25) is 9.59 Å². The van der Waals surface area contributed by atoms with Gasteiger partial charge in [-0.2, -0.15) is 0 Å². The molecule has 0 bridgehead atoms. The third-order valence-corrected chi connectivity index (χ3v) is 5.61. The van der Waals surface area contributed by atoms with Crippen LogP contribution >= 0.6 is 0 Å². The Bertz CT molecular complexity index is 1350. The Labute approximate surface area is 199 Å². The Balaban J connectivity index is 0.00000272. The van der Waals surface area contributed by atoms with Gasteiger partial charge < -0.3 is 26.5 Å². The zero-order valence-electron chi connectivity index (χ0n) is 16.2. The molecule has 9 nitrogen and oxygen atoms in total. The van der Waals surface area contributed by atoms with Crippen LogP contribution in [0.5, 0.6) is 11.5 Å². The van der Waals surface area contributed by atoms with E-state index < -0.39 is 49.3 Å². The molecule has 0 aromatic heterocycles. The smallest absolute Gasteiger partial charge is 0.744 e. The summed E-state index contributed by atoms with van der Waals surface area (Å²) in [4.78, 5) is 25.0. The summed E-state index contributed by atoms with van der Waals surface area (Å²) >= 11 is 0. The standard InChI is InChI=1S/C20H15N3O6S.Na/c21-9-5-7-10(8-6-9)29-19-15(22)13-14(16(23)20(19)30(26,27)28)18(25)12-4-2-1-3-11(12)17(13)24;/h1-8H,21-23H2,(H,26,27,28);/q;+1/p-1. The second-order valence-electron chi connectivity index (χ2n) is 6.56. The molecule has 0 saturated carbocycles. The molecule has 152 valence electrons. The van der Waals surface area contributed by atoms with Gasteiger partial charge in [-0.1, -0.05) is 24.3 Å². The number of hydrogen-bond acceptors (Lipinski definition) is 9. The minimum atomic E-state index is -5.23. The number of carbonyl (C=O) groups excluding carboxylic acids is 2. The third-order valence-electron chi connectivity index (χ3n) is 4.70. The van der Waals surface area contributed by atoms with Crippen LogP contribution in [0.25, 0.3) is 0 Å². The molecule has 0 amide bonds. The fraction of sp³-hybridized carbons (Fsp3) is 0. The molecule has 4 rings (SSSR count). The molecule has 0 radical (unpaired) electrons. The van der Waals surface area contributed by atoms with E-state index in [0.29, 0.717) is 5.69 Å². The summed E-state index contributed by atoms with van der Waals surface area (Å²) in [6.07, 6.45) is 0. The number of anilines is 3. The molecule has 3 aromatic rings. The van der Waals surface area contributed by atoms with Gasteiger partial charge in [0.2, 0.25) is 0 Å². The van der Waals surface area contributed by atoms with Crippen molar-refractivity contribution in [2.45, 2.75) is 4.90 Å². The maximum absolute atomic E-state index is 13.0. The number of fused-ring (bicyclic) bond motifs is 2. The van der Waals surface area contributed by atoms with Gasteiger partial charge in [0.1, 0.15) is 20.8 Å². The molecule has 0 unspecified atom stereocenters. The number of rotatable bonds is 3. The topological polar surface area (TPSA) is 179 Å². The minimum absolute atomic E-state index is 0. The van der Waals surface area contributed by atoms with Gasteiger partial charge in [-0.05, 0) is 24.3 Å². The quantitative estimate of drug-likeness (QED) is 0.200. The number of hydrogen-bond donors (Lipinski definition) is 3. The van der Waals surface area contributed by atoms with Crippen LogP contribution < -0.4 is 51.5 Å². The number of carbonyl (C=O) groups is 2. The van der Waals surface area contributed by atoms with E-state index in [4.69, 9.17) is 21.9 Å². The van der Waals surface area contributed by atoms with E-state index in [2.05, 4.69) is 0 Å². The van der Waals surface area contributed by atoms with Crippen LogP contribution in [0, 0.1) is 0 Å². The predicted molar refractivity (Wildman–Crippen MR) is 107 cm³/mol. The molecule has 0 heterocycles. The van der Waals surface area contributed by atoms with Crippen molar-refractivity contribution < 1.29 is 56.9 Å². The Morgan fingerprint density at radius 1 is 0.774 bits per heavy atom. The second kappa shape index (κ2) is 7.98. The SMILES string of the molecule is Nc1ccc(Oc2c(N)c3c(c(N)c2S(=O)(=O)[O-])C(=O)c2ccccc2C3=O)cc1.[Na+]. The van der Waals surface area contributed by atoms with Crippen molar-refractivity contribution in [1.82, 2.24) is 0 Å². The molecule has 0 atom stereocenters. The molecule has 31 heavy (non-hydrogen) atoms. The number of nitrogen functional groups attached to an aromatic ring is 3. The van der Waals surface area contributed by atoms with Gasteiger partial charge in [0.05, 0.1) is 22.5 Å². The zero-order valence-corrected chi connectivity index (χ0v) is 19.0. The van der Waals surface area contributed by atoms with Gasteiger partial charge >= 0.3 is 29.6 Å². The monoisotopic (exact) mass is 447 g/mol. The molecule has 1 aliphatic rings. The molecule has 0 spiro atoms. The van der Waals surface area contributed by atoms with Crippen molar-refractivity contribution >= 4 is 38.7 Å². The van der Waals surface area contributed by atoms with Crippen LogP contribution in [-0.4, -0.2) is 24.5 Å². The summed E-state index contributed by atoms with van der Waals surface area (Å²) in [5.74, 6) is -1.88. The first-order valence-electron chi connectivity index (χ1n) is 8.54. The van der Waals surface area contributed by atoms with Crippen molar-refractivity contribution in [2.24, 2.45) is 0 Å². The van der Waals surface area contributed by atoms with Gasteiger partial charge in [0.15, 0.2) is 17.3 Å². The molecule has 0 aliphatic heterocycles. The summed E-state index contributed by atoms with van der Waals surface area (Å²) < 4.78 is 41.5. The van der Waals surface area contributed by atoms with Crippen LogP contribution in [-0.2, 0) is 10.1 Å². The summed E-state index contributed by atoms with van der Waals surface area (Å²) in [5.41, 5.74) is 16.2. The molecule has 0 fully saturated rings. The predicted octanol–water partition coefficient (Wildman–Crippen LogP) is -1.09. The van der Waals surface area contributed by atoms with Crippen LogP contribution in [0.3, 0.4) is 0 Å². The van der Waals surface area contributed by atoms with Gasteiger partial charge in [0.25, 0.3) is 0 Å². The van der Waals surface area contributed by atoms with Gasteiger partial charge in [0, 0.05) is 16.8 Å². The fourth-order valence-corrected chi connectivity index (χ4v) is 4.11. The normalized spacial score (nSPS) is 12.5. The molecule has 0 saturated heterocycles. The van der Waals surface area contributed by atoms with E-state index in [-0.39, 0.29) is 52.0 Å². The summed E-state index contributed by atoms with van der Waals surface area (Å²) in [7, 11) is -5.23. The Morgan fingerprint density at radius 2 is 1.26 bits per heavy atom. The van der Waals surface area contributed by atoms with Crippen molar-refractivity contribution in [3.05, 3.63) is 70.8 Å². The van der Waals surface area contributed by atoms with E-state index in [1.54, 1.807) is 12.1 Å². The Morgan fingerprint density at radius 3 is 1.74 bits per heavy atom. The average molecular weight is 447 g/mol. The molecule has 11 heteroatoms. The fourth-order valence-electron chi connectivity index (χ4n) is 3.36. The van der Waals surface area contributed by atoms with Crippen molar-refractivity contribution in [3.63, 3.8) is 0 Å². The van der Waals surface area contributed by atoms with E-state index in [9.17, 15) is 22.6 Å². The average Bonchev–Trinajstić information content (AvgIpc) is 2.69. The van der Waals surface area contributed by atoms with E-state index in [1.807, 2.05) is 0 Å². The first-order chi connectivity index (χ1) is 14.1. The van der Waals surface area contributed by atoms with Crippen molar-refractivity contribution in [1.29, 1.82) is 0 Å². The summed E-state index contributed by atoms with van der Waals surface area (Å²) in [6.45, 7) is 0. The number of benzene rings is 3. The maximum Gasteiger partial charge on any atom is 1.00 e. The van der Waals surface area contributed by atoms with Gasteiger partial charge in [-0.25, -0.2) is 8.42 Å². The van der Waals surface area contributed by atoms with Crippen LogP contribution in [0.1, 0.15) is 31.8 Å². The first kappa shape index (κ1) is 22.8. The second-order valence-corrected chi connectivity index (χ2v) is 7.88. The van der Waals surface area contributed by atoms with Crippen LogP contribution in [0.15, 0.2) is 53.4 Å². The first-order valence-corrected chi connectivity index (χ1v) is 9.94. The Kier molecular flexibility index (Phi) is 5.87. The van der Waals surface area contributed by atoms with E-state index in [0.717, 1.165) is 0 Å². The van der Waals surface area contributed by atoms with Crippen LogP contribution in [0.2, 0.25) is 0 Å². The summed E-state index contributed by atoms with van der Waals surface area (Å²) in [6, 6.07) is 11.7. The molecule has 1 aliphatic carbocycles. The summed E-state index contributed by atoms with van der Waals surface area (Å²) in [5, 5.41) is 0. The zero-order chi connectivity index (χ0) is 21.8. The number of ether oxygens (including phenoxy) is 1. The minimum Gasteiger partial charge on any atom is -0.744 e.